The molecule has 0 aromatic rings. The summed E-state index contributed by atoms with van der Waals surface area (Å²) >= 11 is 0. The molecule has 0 unspecified atom stereocenters. The molecule has 0 rings (SSSR count). The Morgan fingerprint density at radius 2 is 1.08 bits per heavy atom. The van der Waals surface area contributed by atoms with Crippen LogP contribution in [-0.2, 0) is 0 Å². The minimum Gasteiger partial charge on any atom is -0.396 e. The van der Waals surface area contributed by atoms with Crippen LogP contribution in [0.2, 0.25) is 0 Å². The van der Waals surface area contributed by atoms with E-state index in [-0.39, 0.29) is 19.8 Å². The highest BCUT2D eigenvalue weighted by molar-refractivity contribution is 4.74. The van der Waals surface area contributed by atoms with Gasteiger partial charge >= 0.3 is 0 Å². The number of rotatable bonds is 5. The zero-order chi connectivity index (χ0) is 10.7. The van der Waals surface area contributed by atoms with Crippen LogP contribution in [0.25, 0.3) is 0 Å². The molecule has 0 atom stereocenters. The second-order valence-corrected chi connectivity index (χ2v) is 3.33. The van der Waals surface area contributed by atoms with Crippen LogP contribution < -0.4 is 0 Å². The Morgan fingerprint density at radius 1 is 0.769 bits per heavy atom. The maximum Gasteiger partial charge on any atom is 0.0531 e. The molecule has 0 bridgehead atoms. The van der Waals surface area contributed by atoms with Crippen molar-refractivity contribution in [3.8, 4) is 0 Å². The summed E-state index contributed by atoms with van der Waals surface area (Å²) in [5.41, 5.74) is -0.667. The lowest BCUT2D eigenvalue weighted by Gasteiger charge is -2.24. The summed E-state index contributed by atoms with van der Waals surface area (Å²) in [5, 5.41) is 26.0. The number of aliphatic hydroxyl groups excluding tert-OH is 3. The van der Waals surface area contributed by atoms with E-state index in [1.165, 1.54) is 12.8 Å². The molecule has 3 heteroatoms. The van der Waals surface area contributed by atoms with Crippen LogP contribution in [0.1, 0.15) is 40.0 Å². The quantitative estimate of drug-likeness (QED) is 0.612. The highest BCUT2D eigenvalue weighted by Crippen LogP contribution is 2.18. The maximum absolute atomic E-state index is 8.66. The van der Waals surface area contributed by atoms with Gasteiger partial charge in [0.15, 0.2) is 0 Å². The summed E-state index contributed by atoms with van der Waals surface area (Å²) in [7, 11) is 0. The Labute approximate surface area is 81.4 Å². The predicted molar refractivity (Wildman–Crippen MR) is 54.6 cm³/mol. The van der Waals surface area contributed by atoms with Gasteiger partial charge in [-0.1, -0.05) is 33.6 Å². The summed E-state index contributed by atoms with van der Waals surface area (Å²) in [6, 6.07) is 0. The van der Waals surface area contributed by atoms with Crippen LogP contribution in [0.15, 0.2) is 0 Å². The molecule has 13 heavy (non-hydrogen) atoms. The standard InChI is InChI=1S/C6H14O3.C4H10/c1-2-6(3-7,4-8)5-9;1-3-4-2/h7-9H,2-5H2,1H3;3-4H2,1-2H3. The number of hydrogen-bond acceptors (Lipinski definition) is 3. The van der Waals surface area contributed by atoms with Gasteiger partial charge in [-0.05, 0) is 6.42 Å². The van der Waals surface area contributed by atoms with Gasteiger partial charge in [-0.25, -0.2) is 0 Å². The highest BCUT2D eigenvalue weighted by Gasteiger charge is 2.24. The minimum atomic E-state index is -0.667. The zero-order valence-electron chi connectivity index (χ0n) is 9.08. The van der Waals surface area contributed by atoms with Gasteiger partial charge < -0.3 is 15.3 Å². The lowest BCUT2D eigenvalue weighted by atomic mass is 9.88. The van der Waals surface area contributed by atoms with E-state index in [4.69, 9.17) is 15.3 Å². The molecular formula is C10H24O3. The van der Waals surface area contributed by atoms with Crippen LogP contribution in [0.4, 0.5) is 0 Å². The first-order valence-electron chi connectivity index (χ1n) is 4.98. The summed E-state index contributed by atoms with van der Waals surface area (Å²) < 4.78 is 0. The molecule has 0 saturated carbocycles. The van der Waals surface area contributed by atoms with Crippen molar-refractivity contribution in [1.82, 2.24) is 0 Å². The molecule has 0 spiro atoms. The van der Waals surface area contributed by atoms with E-state index in [1.54, 1.807) is 0 Å². The molecule has 0 aromatic heterocycles. The van der Waals surface area contributed by atoms with Crippen molar-refractivity contribution >= 4 is 0 Å². The zero-order valence-corrected chi connectivity index (χ0v) is 9.08. The van der Waals surface area contributed by atoms with Crippen molar-refractivity contribution in [1.29, 1.82) is 0 Å². The number of hydrogen-bond donors (Lipinski definition) is 3. The molecule has 0 radical (unpaired) electrons. The Hall–Kier alpha value is -0.120. The average Bonchev–Trinajstić information content (AvgIpc) is 2.23. The van der Waals surface area contributed by atoms with E-state index >= 15 is 0 Å². The van der Waals surface area contributed by atoms with Gasteiger partial charge in [0.2, 0.25) is 0 Å². The summed E-state index contributed by atoms with van der Waals surface area (Å²) in [6.45, 7) is 5.71. The first-order chi connectivity index (χ1) is 6.16. The first kappa shape index (κ1) is 15.4. The van der Waals surface area contributed by atoms with Crippen molar-refractivity contribution in [2.24, 2.45) is 5.41 Å². The van der Waals surface area contributed by atoms with Crippen molar-refractivity contribution < 1.29 is 15.3 Å². The fourth-order valence-electron chi connectivity index (χ4n) is 0.485. The van der Waals surface area contributed by atoms with Crippen LogP contribution in [0.3, 0.4) is 0 Å². The molecule has 0 aliphatic rings. The minimum absolute atomic E-state index is 0.156. The summed E-state index contributed by atoms with van der Waals surface area (Å²) in [5.74, 6) is 0. The molecule has 0 aromatic carbocycles. The fraction of sp³-hybridized carbons (Fsp3) is 1.00. The van der Waals surface area contributed by atoms with Gasteiger partial charge in [-0.2, -0.15) is 0 Å². The van der Waals surface area contributed by atoms with Crippen LogP contribution in [-0.4, -0.2) is 35.1 Å². The molecule has 3 nitrogen and oxygen atoms in total. The smallest absolute Gasteiger partial charge is 0.0531 e. The molecule has 0 amide bonds. The second-order valence-electron chi connectivity index (χ2n) is 3.33. The monoisotopic (exact) mass is 192 g/mol. The van der Waals surface area contributed by atoms with Crippen molar-refractivity contribution in [3.63, 3.8) is 0 Å². The Kier molecular flexibility index (Phi) is 11.8. The van der Waals surface area contributed by atoms with Crippen molar-refractivity contribution in [2.45, 2.75) is 40.0 Å². The average molecular weight is 192 g/mol. The molecule has 0 heterocycles. The maximum atomic E-state index is 8.66. The molecule has 0 fully saturated rings. The normalized spacial score (nSPS) is 10.6. The summed E-state index contributed by atoms with van der Waals surface area (Å²) in [6.07, 6.45) is 3.23. The Balaban J connectivity index is 0. The van der Waals surface area contributed by atoms with Gasteiger partial charge in [-0.15, -0.1) is 0 Å². The third kappa shape index (κ3) is 6.99. The summed E-state index contributed by atoms with van der Waals surface area (Å²) in [4.78, 5) is 0. The SMILES string of the molecule is CCC(CO)(CO)CO.CCCC. The molecule has 0 aliphatic heterocycles. The molecule has 3 N–H and O–H groups in total. The van der Waals surface area contributed by atoms with E-state index in [0.29, 0.717) is 6.42 Å². The van der Waals surface area contributed by atoms with E-state index in [9.17, 15) is 0 Å². The van der Waals surface area contributed by atoms with Gasteiger partial charge in [0, 0.05) is 5.41 Å². The first-order valence-corrected chi connectivity index (χ1v) is 4.98. The molecule has 82 valence electrons. The Bertz CT molecular complexity index is 70.7. The lowest BCUT2D eigenvalue weighted by molar-refractivity contribution is 0.00304. The van der Waals surface area contributed by atoms with E-state index in [1.807, 2.05) is 6.92 Å². The molecular weight excluding hydrogens is 168 g/mol. The van der Waals surface area contributed by atoms with Crippen molar-refractivity contribution in [3.05, 3.63) is 0 Å². The van der Waals surface area contributed by atoms with Crippen LogP contribution >= 0.6 is 0 Å². The Morgan fingerprint density at radius 3 is 1.08 bits per heavy atom. The van der Waals surface area contributed by atoms with E-state index in [2.05, 4.69) is 13.8 Å². The van der Waals surface area contributed by atoms with Gasteiger partial charge in [-0.3, -0.25) is 0 Å². The topological polar surface area (TPSA) is 60.7 Å². The van der Waals surface area contributed by atoms with Crippen LogP contribution in [0.5, 0.6) is 0 Å². The largest absolute Gasteiger partial charge is 0.396 e. The molecule has 0 saturated heterocycles. The highest BCUT2D eigenvalue weighted by atomic mass is 16.3. The van der Waals surface area contributed by atoms with E-state index in [0.717, 1.165) is 0 Å². The number of aliphatic hydroxyl groups is 3. The van der Waals surface area contributed by atoms with Crippen LogP contribution in [0, 0.1) is 5.41 Å². The molecule has 0 aliphatic carbocycles. The third-order valence-corrected chi connectivity index (χ3v) is 2.26. The number of unbranched alkanes of at least 4 members (excludes halogenated alkanes) is 1. The lowest BCUT2D eigenvalue weighted by Crippen LogP contribution is -2.32. The van der Waals surface area contributed by atoms with Gasteiger partial charge in [0.1, 0.15) is 0 Å². The predicted octanol–water partition coefficient (Wildman–Crippen LogP) is 1.17. The third-order valence-electron chi connectivity index (χ3n) is 2.26. The van der Waals surface area contributed by atoms with E-state index < -0.39 is 5.41 Å². The fourth-order valence-corrected chi connectivity index (χ4v) is 0.485. The second kappa shape index (κ2) is 9.96. The van der Waals surface area contributed by atoms with Gasteiger partial charge in [0.25, 0.3) is 0 Å². The van der Waals surface area contributed by atoms with Crippen molar-refractivity contribution in [2.75, 3.05) is 19.8 Å². The van der Waals surface area contributed by atoms with Gasteiger partial charge in [0.05, 0.1) is 19.8 Å².